The molecule has 0 aliphatic heterocycles. The van der Waals surface area contributed by atoms with Gasteiger partial charge in [-0.1, -0.05) is 19.1 Å². The third-order valence-corrected chi connectivity index (χ3v) is 3.07. The number of hydrogen-bond acceptors (Lipinski definition) is 3. The molecule has 20 heavy (non-hydrogen) atoms. The maximum atomic E-state index is 11.9. The Kier molecular flexibility index (Phi) is 4.40. The van der Waals surface area contributed by atoms with Crippen LogP contribution in [-0.4, -0.2) is 22.7 Å². The van der Waals surface area contributed by atoms with Crippen molar-refractivity contribution in [2.24, 2.45) is 0 Å². The smallest absolute Gasteiger partial charge is 0.262 e. The number of carbonyl (C=O) groups is 1. The topological polar surface area (TPSA) is 67.0 Å². The molecule has 0 atom stereocenters. The van der Waals surface area contributed by atoms with Crippen LogP contribution in [0.3, 0.4) is 0 Å². The number of H-pyrrole nitrogens is 1. The molecular formula is C15H19N3O2. The Hall–Kier alpha value is -2.30. The number of benzene rings is 1. The van der Waals surface area contributed by atoms with Gasteiger partial charge in [0.05, 0.1) is 17.1 Å². The number of hydrogen-bond donors (Lipinski definition) is 2. The van der Waals surface area contributed by atoms with Crippen molar-refractivity contribution in [2.75, 3.05) is 11.9 Å². The van der Waals surface area contributed by atoms with Crippen LogP contribution in [0.15, 0.2) is 24.3 Å². The predicted octanol–water partition coefficient (Wildman–Crippen LogP) is 2.61. The monoisotopic (exact) mass is 273 g/mol. The molecule has 2 N–H and O–H groups in total. The van der Waals surface area contributed by atoms with Crippen LogP contribution in [0.2, 0.25) is 0 Å². The maximum Gasteiger partial charge on any atom is 0.262 e. The van der Waals surface area contributed by atoms with E-state index in [0.29, 0.717) is 5.75 Å². The molecule has 0 saturated carbocycles. The van der Waals surface area contributed by atoms with Gasteiger partial charge in [0.15, 0.2) is 6.61 Å². The number of aromatic nitrogens is 2. The average Bonchev–Trinajstić information content (AvgIpc) is 2.77. The van der Waals surface area contributed by atoms with Crippen LogP contribution in [0, 0.1) is 13.8 Å². The summed E-state index contributed by atoms with van der Waals surface area (Å²) in [5, 5.41) is 9.65. The normalized spacial score (nSPS) is 10.3. The number of nitrogens with one attached hydrogen (secondary N) is 2. The third-order valence-electron chi connectivity index (χ3n) is 3.07. The molecule has 1 heterocycles. The van der Waals surface area contributed by atoms with E-state index in [2.05, 4.69) is 22.4 Å². The van der Waals surface area contributed by atoms with Crippen molar-refractivity contribution < 1.29 is 9.53 Å². The fourth-order valence-corrected chi connectivity index (χ4v) is 1.91. The fourth-order valence-electron chi connectivity index (χ4n) is 1.91. The van der Waals surface area contributed by atoms with Crippen LogP contribution >= 0.6 is 0 Å². The van der Waals surface area contributed by atoms with Gasteiger partial charge >= 0.3 is 0 Å². The molecular weight excluding hydrogens is 254 g/mol. The van der Waals surface area contributed by atoms with Crippen LogP contribution < -0.4 is 10.1 Å². The van der Waals surface area contributed by atoms with Crippen molar-refractivity contribution in [1.29, 1.82) is 0 Å². The lowest BCUT2D eigenvalue weighted by Crippen LogP contribution is -2.20. The summed E-state index contributed by atoms with van der Waals surface area (Å²) in [6.07, 6.45) is 0.941. The standard InChI is InChI=1S/C15H19N3O2/c1-4-12-6-5-7-13(8-12)20-9-14(19)16-15-10(2)17-18-11(15)3/h5-8H,4,9H2,1-3H3,(H,16,19)(H,17,18). The zero-order valence-electron chi connectivity index (χ0n) is 12.0. The molecule has 5 heteroatoms. The highest BCUT2D eigenvalue weighted by Gasteiger charge is 2.10. The summed E-state index contributed by atoms with van der Waals surface area (Å²) in [6, 6.07) is 7.75. The van der Waals surface area contributed by atoms with Crippen LogP contribution in [-0.2, 0) is 11.2 Å². The fraction of sp³-hybridized carbons (Fsp3) is 0.333. The molecule has 106 valence electrons. The second-order valence-electron chi connectivity index (χ2n) is 4.65. The van der Waals surface area contributed by atoms with E-state index in [-0.39, 0.29) is 12.5 Å². The quantitative estimate of drug-likeness (QED) is 0.880. The summed E-state index contributed by atoms with van der Waals surface area (Å²) < 4.78 is 5.50. The lowest BCUT2D eigenvalue weighted by molar-refractivity contribution is -0.118. The largest absolute Gasteiger partial charge is 0.484 e. The Morgan fingerprint density at radius 3 is 2.85 bits per heavy atom. The second-order valence-corrected chi connectivity index (χ2v) is 4.65. The molecule has 1 amide bonds. The number of carbonyl (C=O) groups excluding carboxylic acids is 1. The number of amides is 1. The molecule has 0 aliphatic rings. The van der Waals surface area contributed by atoms with Crippen LogP contribution in [0.5, 0.6) is 5.75 Å². The Balaban J connectivity index is 1.92. The minimum absolute atomic E-state index is 0.0166. The molecule has 2 rings (SSSR count). The first-order chi connectivity index (χ1) is 9.60. The van der Waals surface area contributed by atoms with Gasteiger partial charge in [0.2, 0.25) is 0 Å². The van der Waals surface area contributed by atoms with Gasteiger partial charge in [0.25, 0.3) is 5.91 Å². The first kappa shape index (κ1) is 14.1. The van der Waals surface area contributed by atoms with Gasteiger partial charge in [-0.15, -0.1) is 0 Å². The third kappa shape index (κ3) is 3.38. The molecule has 0 saturated heterocycles. The first-order valence-corrected chi connectivity index (χ1v) is 6.63. The van der Waals surface area contributed by atoms with Crippen molar-refractivity contribution in [3.8, 4) is 5.75 Å². The van der Waals surface area contributed by atoms with Crippen molar-refractivity contribution in [3.63, 3.8) is 0 Å². The summed E-state index contributed by atoms with van der Waals surface area (Å²) in [5.41, 5.74) is 3.51. The van der Waals surface area contributed by atoms with Crippen molar-refractivity contribution in [1.82, 2.24) is 10.2 Å². The number of rotatable bonds is 5. The summed E-state index contributed by atoms with van der Waals surface area (Å²) in [7, 11) is 0. The van der Waals surface area contributed by atoms with E-state index in [1.165, 1.54) is 5.56 Å². The van der Waals surface area contributed by atoms with Gasteiger partial charge in [-0.25, -0.2) is 0 Å². The van der Waals surface area contributed by atoms with Crippen molar-refractivity contribution in [2.45, 2.75) is 27.2 Å². The van der Waals surface area contributed by atoms with Gasteiger partial charge in [0.1, 0.15) is 5.75 Å². The minimum atomic E-state index is -0.195. The van der Waals surface area contributed by atoms with Crippen LogP contribution in [0.4, 0.5) is 5.69 Å². The molecule has 5 nitrogen and oxygen atoms in total. The zero-order valence-corrected chi connectivity index (χ0v) is 12.0. The molecule has 1 aromatic heterocycles. The maximum absolute atomic E-state index is 11.9. The number of aromatic amines is 1. The first-order valence-electron chi connectivity index (χ1n) is 6.63. The van der Waals surface area contributed by atoms with Crippen molar-refractivity contribution in [3.05, 3.63) is 41.2 Å². The summed E-state index contributed by atoms with van der Waals surface area (Å²) in [4.78, 5) is 11.9. The Morgan fingerprint density at radius 1 is 1.40 bits per heavy atom. The van der Waals surface area contributed by atoms with Gasteiger partial charge in [0, 0.05) is 0 Å². The van der Waals surface area contributed by atoms with Gasteiger partial charge in [-0.05, 0) is 38.0 Å². The van der Waals surface area contributed by atoms with Gasteiger partial charge in [-0.3, -0.25) is 9.89 Å². The Bertz CT molecular complexity index is 585. The van der Waals surface area contributed by atoms with E-state index >= 15 is 0 Å². The Morgan fingerprint density at radius 2 is 2.20 bits per heavy atom. The molecule has 0 aliphatic carbocycles. The van der Waals surface area contributed by atoms with Crippen LogP contribution in [0.1, 0.15) is 23.9 Å². The highest BCUT2D eigenvalue weighted by atomic mass is 16.5. The number of ether oxygens (including phenoxy) is 1. The van der Waals surface area contributed by atoms with E-state index in [1.54, 1.807) is 0 Å². The number of nitrogens with zero attached hydrogens (tertiary/aromatic N) is 1. The SMILES string of the molecule is CCc1cccc(OCC(=O)Nc2c(C)n[nH]c2C)c1. The van der Waals surface area contributed by atoms with E-state index in [9.17, 15) is 4.79 Å². The summed E-state index contributed by atoms with van der Waals surface area (Å²) >= 11 is 0. The van der Waals surface area contributed by atoms with Crippen LogP contribution in [0.25, 0.3) is 0 Å². The van der Waals surface area contributed by atoms with E-state index in [4.69, 9.17) is 4.74 Å². The number of aryl methyl sites for hydroxylation is 3. The average molecular weight is 273 g/mol. The van der Waals surface area contributed by atoms with Crippen molar-refractivity contribution >= 4 is 11.6 Å². The van der Waals surface area contributed by atoms with E-state index in [0.717, 1.165) is 23.5 Å². The molecule has 2 aromatic rings. The minimum Gasteiger partial charge on any atom is -0.484 e. The highest BCUT2D eigenvalue weighted by Crippen LogP contribution is 2.16. The number of anilines is 1. The van der Waals surface area contributed by atoms with Gasteiger partial charge in [-0.2, -0.15) is 5.10 Å². The molecule has 0 unspecified atom stereocenters. The lowest BCUT2D eigenvalue weighted by Gasteiger charge is -2.08. The second kappa shape index (κ2) is 6.23. The summed E-state index contributed by atoms with van der Waals surface area (Å²) in [5.74, 6) is 0.514. The molecule has 0 bridgehead atoms. The molecule has 0 fully saturated rings. The zero-order chi connectivity index (χ0) is 14.5. The highest BCUT2D eigenvalue weighted by molar-refractivity contribution is 5.92. The molecule has 1 aromatic carbocycles. The van der Waals surface area contributed by atoms with E-state index in [1.807, 2.05) is 38.1 Å². The van der Waals surface area contributed by atoms with Gasteiger partial charge < -0.3 is 10.1 Å². The van der Waals surface area contributed by atoms with E-state index < -0.39 is 0 Å². The lowest BCUT2D eigenvalue weighted by atomic mass is 10.2. The molecule has 0 spiro atoms. The molecule has 0 radical (unpaired) electrons. The summed E-state index contributed by atoms with van der Waals surface area (Å²) in [6.45, 7) is 5.76. The Labute approximate surface area is 118 Å². The predicted molar refractivity (Wildman–Crippen MR) is 78.0 cm³/mol.